The standard InChI is InChI=1S/C27H28N4O4/c1-33-20-9-5-7-18(13-20)14-22-17-28-26(35-22)25-11-3-4-12-31(25)27(32)24-16-23(29-30-24)19-8-6-10-21(15-19)34-2/h5-10,13,15-17,25H,3-4,11-12,14H2,1-2H3,(H,29,30). The van der Waals surface area contributed by atoms with Crippen LogP contribution in [-0.4, -0.2) is 46.8 Å². The average molecular weight is 473 g/mol. The number of oxazole rings is 1. The minimum atomic E-state index is -0.209. The summed E-state index contributed by atoms with van der Waals surface area (Å²) in [5.41, 5.74) is 3.09. The molecule has 0 aliphatic carbocycles. The van der Waals surface area contributed by atoms with E-state index in [1.165, 1.54) is 0 Å². The summed E-state index contributed by atoms with van der Waals surface area (Å²) >= 11 is 0. The normalized spacial score (nSPS) is 15.7. The number of nitrogens with zero attached hydrogens (tertiary/aromatic N) is 3. The van der Waals surface area contributed by atoms with Gasteiger partial charge in [0.15, 0.2) is 0 Å². The molecule has 1 saturated heterocycles. The molecule has 2 aromatic heterocycles. The van der Waals surface area contributed by atoms with Gasteiger partial charge in [0, 0.05) is 18.5 Å². The molecule has 0 saturated carbocycles. The van der Waals surface area contributed by atoms with Crippen molar-refractivity contribution in [1.29, 1.82) is 0 Å². The van der Waals surface area contributed by atoms with Crippen LogP contribution in [0.4, 0.5) is 0 Å². The molecule has 8 heteroatoms. The van der Waals surface area contributed by atoms with E-state index in [1.807, 2.05) is 53.4 Å². The first-order valence-corrected chi connectivity index (χ1v) is 11.7. The molecule has 1 N–H and O–H groups in total. The van der Waals surface area contributed by atoms with Crippen LogP contribution >= 0.6 is 0 Å². The number of aromatic nitrogens is 3. The van der Waals surface area contributed by atoms with E-state index in [-0.39, 0.29) is 11.9 Å². The number of hydrogen-bond donors (Lipinski definition) is 1. The lowest BCUT2D eigenvalue weighted by atomic mass is 10.0. The maximum atomic E-state index is 13.5. The SMILES string of the molecule is COc1cccc(Cc2cnc(C3CCCCN3C(=O)c3cc(-c4cccc(OC)c4)n[nH]3)o2)c1. The van der Waals surface area contributed by atoms with Crippen LogP contribution in [0, 0.1) is 0 Å². The van der Waals surface area contributed by atoms with Gasteiger partial charge >= 0.3 is 0 Å². The number of H-pyrrole nitrogens is 1. The summed E-state index contributed by atoms with van der Waals surface area (Å²) in [6.07, 6.45) is 5.12. The summed E-state index contributed by atoms with van der Waals surface area (Å²) in [5, 5.41) is 7.28. The molecule has 0 bridgehead atoms. The predicted octanol–water partition coefficient (Wildman–Crippen LogP) is 5.04. The maximum absolute atomic E-state index is 13.5. The molecule has 0 radical (unpaired) electrons. The van der Waals surface area contributed by atoms with Gasteiger partial charge in [-0.15, -0.1) is 0 Å². The molecule has 2 aromatic carbocycles. The second-order valence-electron chi connectivity index (χ2n) is 8.60. The highest BCUT2D eigenvalue weighted by atomic mass is 16.5. The quantitative estimate of drug-likeness (QED) is 0.405. The number of methoxy groups -OCH3 is 2. The zero-order valence-electron chi connectivity index (χ0n) is 19.9. The Morgan fingerprint density at radius 2 is 1.89 bits per heavy atom. The number of carbonyl (C=O) groups excluding carboxylic acids is 1. The molecular formula is C27H28N4O4. The fraction of sp³-hybridized carbons (Fsp3) is 0.296. The molecule has 1 fully saturated rings. The van der Waals surface area contributed by atoms with Crippen molar-refractivity contribution in [3.05, 3.63) is 83.7 Å². The van der Waals surface area contributed by atoms with E-state index >= 15 is 0 Å². The molecule has 5 rings (SSSR count). The van der Waals surface area contributed by atoms with Gasteiger partial charge in [0.05, 0.1) is 26.1 Å². The number of aromatic amines is 1. The summed E-state index contributed by atoms with van der Waals surface area (Å²) in [5.74, 6) is 2.77. The van der Waals surface area contributed by atoms with Gasteiger partial charge in [0.2, 0.25) is 5.89 Å². The van der Waals surface area contributed by atoms with E-state index in [4.69, 9.17) is 13.9 Å². The maximum Gasteiger partial charge on any atom is 0.272 e. The van der Waals surface area contributed by atoms with Crippen molar-refractivity contribution in [2.24, 2.45) is 0 Å². The van der Waals surface area contributed by atoms with Gasteiger partial charge in [0.1, 0.15) is 29.0 Å². The van der Waals surface area contributed by atoms with Crippen molar-refractivity contribution in [1.82, 2.24) is 20.1 Å². The number of hydrogen-bond acceptors (Lipinski definition) is 6. The fourth-order valence-electron chi connectivity index (χ4n) is 4.49. The highest BCUT2D eigenvalue weighted by Gasteiger charge is 2.33. The Morgan fingerprint density at radius 1 is 1.09 bits per heavy atom. The summed E-state index contributed by atoms with van der Waals surface area (Å²) < 4.78 is 16.7. The van der Waals surface area contributed by atoms with Crippen LogP contribution in [0.3, 0.4) is 0 Å². The number of amides is 1. The molecule has 1 unspecified atom stereocenters. The van der Waals surface area contributed by atoms with Crippen molar-refractivity contribution >= 4 is 5.91 Å². The van der Waals surface area contributed by atoms with Crippen LogP contribution in [0.2, 0.25) is 0 Å². The summed E-state index contributed by atoms with van der Waals surface area (Å²) in [4.78, 5) is 19.9. The van der Waals surface area contributed by atoms with Gasteiger partial charge in [-0.3, -0.25) is 9.89 Å². The van der Waals surface area contributed by atoms with Crippen LogP contribution in [0.1, 0.15) is 53.0 Å². The lowest BCUT2D eigenvalue weighted by Gasteiger charge is -2.33. The highest BCUT2D eigenvalue weighted by Crippen LogP contribution is 2.33. The minimum Gasteiger partial charge on any atom is -0.497 e. The molecular weight excluding hydrogens is 444 g/mol. The Morgan fingerprint density at radius 3 is 2.71 bits per heavy atom. The van der Waals surface area contributed by atoms with Crippen molar-refractivity contribution in [3.8, 4) is 22.8 Å². The molecule has 1 atom stereocenters. The second kappa shape index (κ2) is 10.0. The van der Waals surface area contributed by atoms with Crippen LogP contribution in [0.5, 0.6) is 11.5 Å². The van der Waals surface area contributed by atoms with E-state index in [9.17, 15) is 4.79 Å². The Balaban J connectivity index is 1.34. The van der Waals surface area contributed by atoms with Crippen molar-refractivity contribution < 1.29 is 18.7 Å². The predicted molar refractivity (Wildman–Crippen MR) is 131 cm³/mol. The third-order valence-electron chi connectivity index (χ3n) is 6.31. The minimum absolute atomic E-state index is 0.108. The topological polar surface area (TPSA) is 93.5 Å². The van der Waals surface area contributed by atoms with Gasteiger partial charge in [-0.05, 0) is 55.2 Å². The molecule has 180 valence electrons. The molecule has 35 heavy (non-hydrogen) atoms. The number of carbonyl (C=O) groups is 1. The number of rotatable bonds is 7. The average Bonchev–Trinajstić information content (AvgIpc) is 3.59. The van der Waals surface area contributed by atoms with Crippen LogP contribution in [-0.2, 0) is 6.42 Å². The lowest BCUT2D eigenvalue weighted by molar-refractivity contribution is 0.0564. The monoisotopic (exact) mass is 472 g/mol. The van der Waals surface area contributed by atoms with E-state index < -0.39 is 0 Å². The van der Waals surface area contributed by atoms with E-state index in [0.29, 0.717) is 30.2 Å². The molecule has 1 aliphatic heterocycles. The number of piperidine rings is 1. The van der Waals surface area contributed by atoms with Gasteiger partial charge in [0.25, 0.3) is 5.91 Å². The van der Waals surface area contributed by atoms with Gasteiger partial charge in [-0.2, -0.15) is 5.10 Å². The number of nitrogens with one attached hydrogen (secondary N) is 1. The van der Waals surface area contributed by atoms with Gasteiger partial charge < -0.3 is 18.8 Å². The Kier molecular flexibility index (Phi) is 6.52. The first-order chi connectivity index (χ1) is 17.1. The number of likely N-dealkylation sites (tertiary alicyclic amines) is 1. The van der Waals surface area contributed by atoms with Gasteiger partial charge in [-0.1, -0.05) is 24.3 Å². The number of ether oxygens (including phenoxy) is 2. The van der Waals surface area contributed by atoms with E-state index in [1.54, 1.807) is 26.5 Å². The molecule has 0 spiro atoms. The Hall–Kier alpha value is -4.07. The fourth-order valence-corrected chi connectivity index (χ4v) is 4.49. The van der Waals surface area contributed by atoms with Crippen molar-refractivity contribution in [3.63, 3.8) is 0 Å². The first-order valence-electron chi connectivity index (χ1n) is 11.7. The van der Waals surface area contributed by atoms with Crippen LogP contribution in [0.25, 0.3) is 11.3 Å². The smallest absolute Gasteiger partial charge is 0.272 e. The second-order valence-corrected chi connectivity index (χ2v) is 8.60. The molecule has 4 aromatic rings. The summed E-state index contributed by atoms with van der Waals surface area (Å²) in [6, 6.07) is 17.1. The zero-order chi connectivity index (χ0) is 24.2. The molecule has 3 heterocycles. The molecule has 1 amide bonds. The largest absolute Gasteiger partial charge is 0.497 e. The number of benzene rings is 2. The molecule has 1 aliphatic rings. The van der Waals surface area contributed by atoms with E-state index in [2.05, 4.69) is 15.2 Å². The van der Waals surface area contributed by atoms with E-state index in [0.717, 1.165) is 47.6 Å². The Bertz CT molecular complexity index is 1310. The van der Waals surface area contributed by atoms with Crippen LogP contribution < -0.4 is 9.47 Å². The first kappa shape index (κ1) is 22.7. The van der Waals surface area contributed by atoms with Crippen LogP contribution in [0.15, 0.2) is 65.2 Å². The highest BCUT2D eigenvalue weighted by molar-refractivity contribution is 5.93. The van der Waals surface area contributed by atoms with Crippen molar-refractivity contribution in [2.45, 2.75) is 31.7 Å². The Labute approximate surface area is 203 Å². The third-order valence-corrected chi connectivity index (χ3v) is 6.31. The van der Waals surface area contributed by atoms with Crippen molar-refractivity contribution in [2.75, 3.05) is 20.8 Å². The molecule has 8 nitrogen and oxygen atoms in total. The summed E-state index contributed by atoms with van der Waals surface area (Å²) in [6.45, 7) is 0.643. The third kappa shape index (κ3) is 4.91. The lowest BCUT2D eigenvalue weighted by Crippen LogP contribution is -2.38. The van der Waals surface area contributed by atoms with Gasteiger partial charge in [-0.25, -0.2) is 4.98 Å². The summed E-state index contributed by atoms with van der Waals surface area (Å²) in [7, 11) is 3.28. The zero-order valence-corrected chi connectivity index (χ0v) is 19.9.